The van der Waals surface area contributed by atoms with Crippen molar-refractivity contribution in [2.75, 3.05) is 6.61 Å². The second-order valence-corrected chi connectivity index (χ2v) is 7.16. The Morgan fingerprint density at radius 3 is 2.52 bits per heavy atom. The Bertz CT molecular complexity index is 965. The summed E-state index contributed by atoms with van der Waals surface area (Å²) in [6, 6.07) is 24.7. The fraction of sp³-hybridized carbons (Fsp3) is 0.208. The average Bonchev–Trinajstić information content (AvgIpc) is 2.79. The minimum Gasteiger partial charge on any atom is -0.407 e. The third-order valence-electron chi connectivity index (χ3n) is 5.13. The van der Waals surface area contributed by atoms with Crippen molar-refractivity contribution in [3.63, 3.8) is 0 Å². The lowest BCUT2D eigenvalue weighted by molar-refractivity contribution is 0.0745. The molecule has 29 heavy (non-hydrogen) atoms. The van der Waals surface area contributed by atoms with Crippen LogP contribution in [0.3, 0.4) is 0 Å². The SMILES string of the molecule is CC(N=Cc1cc(F)ccc1B1OCC[C@H](c2ccccc2)O1)c1ccccc1. The molecular formula is C24H23BFNO2. The van der Waals surface area contributed by atoms with E-state index in [1.165, 1.54) is 12.1 Å². The fourth-order valence-electron chi connectivity index (χ4n) is 3.50. The van der Waals surface area contributed by atoms with Gasteiger partial charge in [0.25, 0.3) is 0 Å². The first-order chi connectivity index (χ1) is 14.2. The molecular weight excluding hydrogens is 364 g/mol. The molecule has 0 N–H and O–H groups in total. The molecule has 0 aromatic heterocycles. The summed E-state index contributed by atoms with van der Waals surface area (Å²) in [5.41, 5.74) is 3.69. The Hall–Kier alpha value is -2.76. The number of halogens is 1. The van der Waals surface area contributed by atoms with Crippen LogP contribution in [0.5, 0.6) is 0 Å². The first kappa shape index (κ1) is 19.6. The number of aliphatic imine (C=N–C) groups is 1. The quantitative estimate of drug-likeness (QED) is 0.462. The standard InChI is InChI=1S/C24H23BFNO2/c1-18(19-8-4-2-5-9-19)27-17-21-16-22(26)12-13-23(21)25-28-15-14-24(29-25)20-10-6-3-7-11-20/h2-13,16-18,24H,14-15H2,1H3/t18?,24-/m1/s1. The van der Waals surface area contributed by atoms with Crippen LogP contribution in [0.1, 0.15) is 42.2 Å². The normalized spacial score (nSPS) is 18.1. The lowest BCUT2D eigenvalue weighted by atomic mass is 9.74. The van der Waals surface area contributed by atoms with Gasteiger partial charge in [0.15, 0.2) is 0 Å². The molecule has 0 aliphatic carbocycles. The van der Waals surface area contributed by atoms with Gasteiger partial charge in [0, 0.05) is 12.8 Å². The maximum absolute atomic E-state index is 14.0. The number of hydrogen-bond donors (Lipinski definition) is 0. The van der Waals surface area contributed by atoms with Crippen LogP contribution < -0.4 is 5.46 Å². The summed E-state index contributed by atoms with van der Waals surface area (Å²) in [5, 5.41) is 0. The van der Waals surface area contributed by atoms with Crippen molar-refractivity contribution in [3.8, 4) is 0 Å². The molecule has 3 nitrogen and oxygen atoms in total. The van der Waals surface area contributed by atoms with E-state index in [9.17, 15) is 4.39 Å². The molecule has 146 valence electrons. The van der Waals surface area contributed by atoms with E-state index >= 15 is 0 Å². The largest absolute Gasteiger partial charge is 0.494 e. The average molecular weight is 387 g/mol. The molecule has 2 atom stereocenters. The summed E-state index contributed by atoms with van der Waals surface area (Å²) in [4.78, 5) is 4.64. The second kappa shape index (κ2) is 9.16. The summed E-state index contributed by atoms with van der Waals surface area (Å²) in [6.07, 6.45) is 2.46. The van der Waals surface area contributed by atoms with E-state index < -0.39 is 7.12 Å². The van der Waals surface area contributed by atoms with E-state index in [0.717, 1.165) is 23.0 Å². The number of nitrogens with zero attached hydrogens (tertiary/aromatic N) is 1. The van der Waals surface area contributed by atoms with E-state index in [0.29, 0.717) is 12.2 Å². The van der Waals surface area contributed by atoms with Crippen LogP contribution in [0.4, 0.5) is 4.39 Å². The van der Waals surface area contributed by atoms with Gasteiger partial charge in [-0.25, -0.2) is 4.39 Å². The van der Waals surface area contributed by atoms with Crippen LogP contribution in [0.2, 0.25) is 0 Å². The van der Waals surface area contributed by atoms with Gasteiger partial charge in [0.05, 0.1) is 12.1 Å². The zero-order valence-electron chi connectivity index (χ0n) is 16.4. The molecule has 1 aliphatic heterocycles. The predicted octanol–water partition coefficient (Wildman–Crippen LogP) is 4.88. The zero-order valence-corrected chi connectivity index (χ0v) is 16.4. The minimum atomic E-state index is -0.553. The van der Waals surface area contributed by atoms with Crippen LogP contribution in [-0.2, 0) is 9.31 Å². The molecule has 0 saturated carbocycles. The van der Waals surface area contributed by atoms with E-state index in [-0.39, 0.29) is 18.0 Å². The van der Waals surface area contributed by atoms with Gasteiger partial charge in [-0.3, -0.25) is 4.99 Å². The maximum Gasteiger partial charge on any atom is 0.494 e. The van der Waals surface area contributed by atoms with Gasteiger partial charge in [0.2, 0.25) is 0 Å². The molecule has 0 spiro atoms. The number of benzene rings is 3. The molecule has 0 radical (unpaired) electrons. The topological polar surface area (TPSA) is 30.8 Å². The molecule has 0 amide bonds. The fourth-order valence-corrected chi connectivity index (χ4v) is 3.50. The Morgan fingerprint density at radius 1 is 1.03 bits per heavy atom. The van der Waals surface area contributed by atoms with Gasteiger partial charge >= 0.3 is 7.12 Å². The van der Waals surface area contributed by atoms with Crippen molar-refractivity contribution in [1.82, 2.24) is 0 Å². The Kier molecular flexibility index (Phi) is 6.18. The molecule has 1 unspecified atom stereocenters. The highest BCUT2D eigenvalue weighted by Crippen LogP contribution is 2.26. The van der Waals surface area contributed by atoms with Crippen molar-refractivity contribution in [2.24, 2.45) is 4.99 Å². The molecule has 5 heteroatoms. The lowest BCUT2D eigenvalue weighted by Gasteiger charge is -2.29. The highest BCUT2D eigenvalue weighted by Gasteiger charge is 2.32. The Balaban J connectivity index is 1.57. The maximum atomic E-state index is 14.0. The van der Waals surface area contributed by atoms with Gasteiger partial charge in [0.1, 0.15) is 5.82 Å². The third kappa shape index (κ3) is 4.81. The van der Waals surface area contributed by atoms with Crippen LogP contribution >= 0.6 is 0 Å². The van der Waals surface area contributed by atoms with Gasteiger partial charge < -0.3 is 9.31 Å². The van der Waals surface area contributed by atoms with E-state index in [1.54, 1.807) is 12.3 Å². The number of hydrogen-bond acceptors (Lipinski definition) is 3. The van der Waals surface area contributed by atoms with Crippen molar-refractivity contribution in [1.29, 1.82) is 0 Å². The van der Waals surface area contributed by atoms with Crippen LogP contribution in [0.15, 0.2) is 83.9 Å². The van der Waals surface area contributed by atoms with Crippen molar-refractivity contribution < 1.29 is 13.7 Å². The molecule has 1 aliphatic rings. The summed E-state index contributed by atoms with van der Waals surface area (Å²) in [5.74, 6) is -0.307. The third-order valence-corrected chi connectivity index (χ3v) is 5.13. The molecule has 1 heterocycles. The molecule has 0 bridgehead atoms. The van der Waals surface area contributed by atoms with Gasteiger partial charge in [-0.1, -0.05) is 66.7 Å². The molecule has 1 saturated heterocycles. The minimum absolute atomic E-state index is 0.0300. The first-order valence-corrected chi connectivity index (χ1v) is 9.90. The van der Waals surface area contributed by atoms with Crippen LogP contribution in [0, 0.1) is 5.82 Å². The molecule has 3 aromatic carbocycles. The van der Waals surface area contributed by atoms with Crippen molar-refractivity contribution in [3.05, 3.63) is 101 Å². The summed E-state index contributed by atoms with van der Waals surface area (Å²) in [6.45, 7) is 2.60. The predicted molar refractivity (Wildman–Crippen MR) is 115 cm³/mol. The van der Waals surface area contributed by atoms with E-state index in [1.807, 2.05) is 55.5 Å². The second-order valence-electron chi connectivity index (χ2n) is 7.16. The van der Waals surface area contributed by atoms with Gasteiger partial charge in [-0.15, -0.1) is 0 Å². The highest BCUT2D eigenvalue weighted by molar-refractivity contribution is 6.62. The number of rotatable bonds is 5. The van der Waals surface area contributed by atoms with Crippen molar-refractivity contribution >= 4 is 18.8 Å². The van der Waals surface area contributed by atoms with Crippen molar-refractivity contribution in [2.45, 2.75) is 25.5 Å². The van der Waals surface area contributed by atoms with E-state index in [4.69, 9.17) is 9.31 Å². The first-order valence-electron chi connectivity index (χ1n) is 9.90. The van der Waals surface area contributed by atoms with Crippen LogP contribution in [-0.4, -0.2) is 19.9 Å². The zero-order chi connectivity index (χ0) is 20.1. The smallest absolute Gasteiger partial charge is 0.407 e. The van der Waals surface area contributed by atoms with E-state index in [2.05, 4.69) is 17.1 Å². The molecule has 3 aromatic rings. The monoisotopic (exact) mass is 387 g/mol. The lowest BCUT2D eigenvalue weighted by Crippen LogP contribution is -2.43. The van der Waals surface area contributed by atoms with Gasteiger partial charge in [-0.2, -0.15) is 0 Å². The highest BCUT2D eigenvalue weighted by atomic mass is 19.1. The summed E-state index contributed by atoms with van der Waals surface area (Å²) in [7, 11) is -0.553. The molecule has 4 rings (SSSR count). The Labute approximate surface area is 171 Å². The van der Waals surface area contributed by atoms with Gasteiger partial charge in [-0.05, 0) is 47.6 Å². The Morgan fingerprint density at radius 2 is 1.76 bits per heavy atom. The molecule has 1 fully saturated rings. The summed E-state index contributed by atoms with van der Waals surface area (Å²) >= 11 is 0. The van der Waals surface area contributed by atoms with Crippen LogP contribution in [0.25, 0.3) is 0 Å². The summed E-state index contributed by atoms with van der Waals surface area (Å²) < 4.78 is 26.1.